The number of aliphatic hydroxyl groups is 7. The van der Waals surface area contributed by atoms with Crippen molar-refractivity contribution in [1.82, 2.24) is 0 Å². The molecule has 19 atom stereocenters. The lowest BCUT2D eigenvalue weighted by Crippen LogP contribution is -2.70. The number of carbonyl (C=O) groups excluding carboxylic acids is 2. The summed E-state index contributed by atoms with van der Waals surface area (Å²) in [5.41, 5.74) is -8.08. The summed E-state index contributed by atoms with van der Waals surface area (Å²) in [6.07, 6.45) is 8.08. The molecule has 12 nitrogen and oxygen atoms in total. The van der Waals surface area contributed by atoms with Gasteiger partial charge in [0.05, 0.1) is 40.8 Å². The van der Waals surface area contributed by atoms with Gasteiger partial charge < -0.3 is 50.5 Å². The number of anilines is 1. The molecule has 8 bridgehead atoms. The van der Waals surface area contributed by atoms with Crippen molar-refractivity contribution in [3.8, 4) is 5.75 Å². The maximum atomic E-state index is 15.8. The van der Waals surface area contributed by atoms with Gasteiger partial charge in [-0.3, -0.25) is 9.59 Å². The third-order valence-electron chi connectivity index (χ3n) is 21.5. The van der Waals surface area contributed by atoms with Gasteiger partial charge in [-0.2, -0.15) is 0 Å². The van der Waals surface area contributed by atoms with Crippen molar-refractivity contribution < 1.29 is 55.2 Å². The Labute approximate surface area is 402 Å². The van der Waals surface area contributed by atoms with E-state index in [0.717, 1.165) is 18.4 Å². The number of nitrogens with zero attached hydrogens (tertiary/aromatic N) is 1. The highest BCUT2D eigenvalue weighted by atomic mass is 33.1. The van der Waals surface area contributed by atoms with Gasteiger partial charge in [0, 0.05) is 47.4 Å². The Balaban J connectivity index is 1.11. The SMILES string of the molecule is CC(C)[C@@H](C)[C@@H]1O[C@H]1[C@@]1(O)CC=C[C@@H]2C[C@H]3C4=CC(=O)[C@@]5(C[C@@H](O)[C@@H](O)C[C@]35C)[C@H](O)SSC[C@H]3CCC[C@H](CO)[C@]35C(=O)N(C[C@]53CCC[C@H]3O)c3cc(O)cc(c3)CC[C@]23[C@@H]1CC[C@@]43O. The third-order valence-corrected chi connectivity index (χ3v) is 24.1. The van der Waals surface area contributed by atoms with E-state index in [2.05, 4.69) is 32.9 Å². The number of rotatable bonds is 4. The number of aryl methyl sites for hydroxylation is 1. The lowest BCUT2D eigenvalue weighted by atomic mass is 9.39. The quantitative estimate of drug-likeness (QED) is 0.101. The molecule has 12 aliphatic rings. The van der Waals surface area contributed by atoms with Gasteiger partial charge in [0.15, 0.2) is 5.78 Å². The van der Waals surface area contributed by atoms with Gasteiger partial charge in [-0.15, -0.1) is 0 Å². The number of ether oxygens (including phenoxy) is 1. The van der Waals surface area contributed by atoms with Gasteiger partial charge in [0.1, 0.15) is 22.9 Å². The number of aromatic hydroxyl groups is 1. The molecular formula is C53H73NO11S2. The maximum absolute atomic E-state index is 15.8. The lowest BCUT2D eigenvalue weighted by molar-refractivity contribution is -0.206. The minimum Gasteiger partial charge on any atom is -0.508 e. The molecule has 8 N–H and O–H groups in total. The molecule has 1 aromatic rings. The van der Waals surface area contributed by atoms with Crippen molar-refractivity contribution in [3.05, 3.63) is 47.6 Å². The monoisotopic (exact) mass is 963 g/mol. The molecule has 5 aliphatic heterocycles. The van der Waals surface area contributed by atoms with Gasteiger partial charge in [-0.25, -0.2) is 0 Å². The first-order chi connectivity index (χ1) is 31.8. The summed E-state index contributed by atoms with van der Waals surface area (Å²) >= 11 is 0. The van der Waals surface area contributed by atoms with Crippen LogP contribution in [0.3, 0.4) is 0 Å². The molecule has 2 saturated heterocycles. The molecule has 5 heterocycles. The van der Waals surface area contributed by atoms with Crippen molar-refractivity contribution in [3.63, 3.8) is 0 Å². The largest absolute Gasteiger partial charge is 0.508 e. The number of carbonyl (C=O) groups is 2. The van der Waals surface area contributed by atoms with Crippen LogP contribution in [0.4, 0.5) is 5.69 Å². The van der Waals surface area contributed by atoms with E-state index in [0.29, 0.717) is 80.7 Å². The van der Waals surface area contributed by atoms with Crippen molar-refractivity contribution in [2.24, 2.45) is 68.5 Å². The number of aliphatic hydroxyl groups excluding tert-OH is 5. The Kier molecular flexibility index (Phi) is 11.3. The Hall–Kier alpha value is -1.98. The molecule has 0 unspecified atom stereocenters. The summed E-state index contributed by atoms with van der Waals surface area (Å²) in [6, 6.07) is 5.31. The fourth-order valence-electron chi connectivity index (χ4n) is 18.0. The number of benzene rings is 1. The summed E-state index contributed by atoms with van der Waals surface area (Å²) < 4.78 is 6.49. The van der Waals surface area contributed by atoms with E-state index in [1.165, 1.54) is 21.6 Å². The normalized spacial score (nSPS) is 50.6. The molecular weight excluding hydrogens is 891 g/mol. The van der Waals surface area contributed by atoms with Crippen LogP contribution in [0.2, 0.25) is 0 Å². The van der Waals surface area contributed by atoms with E-state index in [1.807, 2.05) is 13.0 Å². The van der Waals surface area contributed by atoms with Gasteiger partial charge in [0.25, 0.3) is 0 Å². The fourth-order valence-corrected chi connectivity index (χ4v) is 21.1. The summed E-state index contributed by atoms with van der Waals surface area (Å²) in [6.45, 7) is 8.46. The van der Waals surface area contributed by atoms with Crippen LogP contribution in [0.15, 0.2) is 42.0 Å². The van der Waals surface area contributed by atoms with Crippen LogP contribution in [0.25, 0.3) is 0 Å². The van der Waals surface area contributed by atoms with E-state index in [9.17, 15) is 40.9 Å². The number of phenols is 1. The zero-order valence-electron chi connectivity index (χ0n) is 39.6. The van der Waals surface area contributed by atoms with E-state index in [1.54, 1.807) is 23.1 Å². The molecule has 1 aromatic carbocycles. The molecule has 1 amide bonds. The molecule has 14 heteroatoms. The third kappa shape index (κ3) is 6.03. The smallest absolute Gasteiger partial charge is 0.234 e. The van der Waals surface area contributed by atoms with E-state index < -0.39 is 85.9 Å². The van der Waals surface area contributed by atoms with Gasteiger partial charge in [0.2, 0.25) is 5.91 Å². The average Bonchev–Trinajstić information content (AvgIpc) is 3.87. The zero-order valence-corrected chi connectivity index (χ0v) is 41.2. The maximum Gasteiger partial charge on any atom is 0.234 e. The molecule has 13 rings (SSSR count). The number of allylic oxidation sites excluding steroid dienone is 2. The van der Waals surface area contributed by atoms with Crippen LogP contribution >= 0.6 is 21.6 Å². The van der Waals surface area contributed by atoms with E-state index >= 15 is 9.59 Å². The van der Waals surface area contributed by atoms with Crippen LogP contribution in [0.5, 0.6) is 5.75 Å². The number of amides is 1. The zero-order chi connectivity index (χ0) is 47.4. The number of epoxide rings is 1. The fraction of sp³-hybridized carbons (Fsp3) is 0.774. The summed E-state index contributed by atoms with van der Waals surface area (Å²) in [5, 5.41) is 98.5. The topological polar surface area (TPSA) is 212 Å². The molecule has 368 valence electrons. The number of fused-ring (bicyclic) bond motifs is 1. The minimum atomic E-state index is -1.60. The molecule has 7 fully saturated rings. The van der Waals surface area contributed by atoms with Crippen LogP contribution in [-0.4, -0.2) is 119 Å². The first-order valence-electron chi connectivity index (χ1n) is 25.6. The molecule has 0 radical (unpaired) electrons. The molecule has 5 saturated carbocycles. The Morgan fingerprint density at radius 2 is 1.72 bits per heavy atom. The first-order valence-corrected chi connectivity index (χ1v) is 28.0. The van der Waals surface area contributed by atoms with Crippen molar-refractivity contribution >= 4 is 39.0 Å². The average molecular weight is 964 g/mol. The van der Waals surface area contributed by atoms with E-state index in [4.69, 9.17) is 4.74 Å². The summed E-state index contributed by atoms with van der Waals surface area (Å²) in [4.78, 5) is 33.1. The van der Waals surface area contributed by atoms with Gasteiger partial charge in [-0.1, -0.05) is 74.3 Å². The predicted molar refractivity (Wildman–Crippen MR) is 255 cm³/mol. The molecule has 7 aliphatic carbocycles. The number of hydrogen-bond donors (Lipinski definition) is 8. The lowest BCUT2D eigenvalue weighted by Gasteiger charge is -2.66. The van der Waals surface area contributed by atoms with Crippen LogP contribution in [0, 0.1) is 68.5 Å². The Morgan fingerprint density at radius 1 is 0.940 bits per heavy atom. The molecule has 4 spiro atoms. The number of phenolic OH excluding ortho intramolecular Hbond substituents is 1. The predicted octanol–water partition coefficient (Wildman–Crippen LogP) is 5.84. The highest BCUT2D eigenvalue weighted by molar-refractivity contribution is 8.76. The second-order valence-corrected chi connectivity index (χ2v) is 26.4. The van der Waals surface area contributed by atoms with Crippen LogP contribution in [0.1, 0.15) is 117 Å². The number of hydrogen-bond acceptors (Lipinski definition) is 13. The van der Waals surface area contributed by atoms with Crippen molar-refractivity contribution in [1.29, 1.82) is 0 Å². The summed E-state index contributed by atoms with van der Waals surface area (Å²) in [7, 11) is 2.56. The summed E-state index contributed by atoms with van der Waals surface area (Å²) in [5.74, 6) is -1.61. The van der Waals surface area contributed by atoms with Gasteiger partial charge >= 0.3 is 0 Å². The highest BCUT2D eigenvalue weighted by Gasteiger charge is 2.78. The van der Waals surface area contributed by atoms with E-state index in [-0.39, 0.29) is 73.7 Å². The highest BCUT2D eigenvalue weighted by Crippen LogP contribution is 2.76. The van der Waals surface area contributed by atoms with Crippen LogP contribution < -0.4 is 4.90 Å². The second-order valence-electron chi connectivity index (χ2n) is 24.0. The minimum absolute atomic E-state index is 0.00972. The van der Waals surface area contributed by atoms with Gasteiger partial charge in [-0.05, 0) is 147 Å². The molecule has 67 heavy (non-hydrogen) atoms. The van der Waals surface area contributed by atoms with Crippen molar-refractivity contribution in [2.45, 2.75) is 165 Å². The van der Waals surface area contributed by atoms with Crippen molar-refractivity contribution in [2.75, 3.05) is 23.8 Å². The Bertz CT molecular complexity index is 2260. The first kappa shape index (κ1) is 47.4. The molecule has 0 aromatic heterocycles. The second kappa shape index (κ2) is 16.0. The Morgan fingerprint density at radius 3 is 2.45 bits per heavy atom. The standard InChI is InChI=1S/C53H73NO11S2/c1-28(2)29(3)43-44(65-43)51(63)15-6-10-31-20-36-37-22-42(60)50(24-39(58)38(57)23-47(36,50)4)46(62)67-66-26-33-9-5-8-32(25-55)53(33)45(61)54(27-48(53)14-7-11-41(48)59)34-18-30(19-35(56)21-34)12-16-49(31)40(51)13-17-52(37,49)64/h6,10,18-19,21-22,28-29,31-33,36,38-41,43-44,46,55-59,62-64H,5,7-9,11-17,20,23-27H2,1-4H3/t29-,31-,32-,33-,36+,38+,39-,40+,41-,43+,44-,46-,47-,48+,49-,50+,51-,52-,53-/m1/s1. The number of ketones is 1. The van der Waals surface area contributed by atoms with Crippen LogP contribution in [-0.2, 0) is 20.7 Å².